The van der Waals surface area contributed by atoms with E-state index in [2.05, 4.69) is 10.6 Å². The van der Waals surface area contributed by atoms with E-state index >= 15 is 0 Å². The van der Waals surface area contributed by atoms with E-state index in [0.717, 1.165) is 11.3 Å². The Balaban J connectivity index is 2.12. The summed E-state index contributed by atoms with van der Waals surface area (Å²) in [5.41, 5.74) is 2.37. The Kier molecular flexibility index (Phi) is 5.37. The van der Waals surface area contributed by atoms with Gasteiger partial charge in [-0.3, -0.25) is 4.79 Å². The zero-order valence-electron chi connectivity index (χ0n) is 13.0. The number of rotatable bonds is 5. The van der Waals surface area contributed by atoms with Crippen LogP contribution >= 0.6 is 0 Å². The van der Waals surface area contributed by atoms with Gasteiger partial charge in [0.05, 0.1) is 12.8 Å². The molecule has 0 aliphatic heterocycles. The molecule has 0 bridgehead atoms. The highest BCUT2D eigenvalue weighted by Crippen LogP contribution is 2.23. The summed E-state index contributed by atoms with van der Waals surface area (Å²) in [5, 5.41) is 14.8. The fourth-order valence-electron chi connectivity index (χ4n) is 1.98. The summed E-state index contributed by atoms with van der Waals surface area (Å²) >= 11 is 0. The monoisotopic (exact) mass is 307 g/mol. The Morgan fingerprint density at radius 2 is 2.00 bits per heavy atom. The minimum atomic E-state index is -0.503. The Hall–Kier alpha value is -3.26. The molecule has 23 heavy (non-hydrogen) atoms. The molecule has 0 aliphatic carbocycles. The summed E-state index contributed by atoms with van der Waals surface area (Å²) in [6.07, 6.45) is 1.39. The Morgan fingerprint density at radius 1 is 1.22 bits per heavy atom. The van der Waals surface area contributed by atoms with Crippen LogP contribution in [0.25, 0.3) is 0 Å². The number of benzene rings is 2. The number of ether oxygens (including phenoxy) is 1. The molecule has 0 atom stereocenters. The van der Waals surface area contributed by atoms with Gasteiger partial charge in [0.15, 0.2) is 0 Å². The number of amides is 1. The molecule has 5 nitrogen and oxygen atoms in total. The van der Waals surface area contributed by atoms with Crippen molar-refractivity contribution in [3.05, 3.63) is 65.9 Å². The number of nitrogens with zero attached hydrogens (tertiary/aromatic N) is 1. The average molecular weight is 307 g/mol. The molecule has 0 fully saturated rings. The van der Waals surface area contributed by atoms with Crippen molar-refractivity contribution in [2.45, 2.75) is 6.92 Å². The van der Waals surface area contributed by atoms with Crippen molar-refractivity contribution in [2.75, 3.05) is 17.7 Å². The van der Waals surface area contributed by atoms with E-state index in [1.807, 2.05) is 37.3 Å². The summed E-state index contributed by atoms with van der Waals surface area (Å²) in [6.45, 7) is 1.97. The number of anilines is 2. The molecule has 0 radical (unpaired) electrons. The third-order valence-corrected chi connectivity index (χ3v) is 3.12. The molecule has 0 heterocycles. The molecule has 5 heteroatoms. The highest BCUT2D eigenvalue weighted by atomic mass is 16.5. The minimum Gasteiger partial charge on any atom is -0.495 e. The van der Waals surface area contributed by atoms with Crippen LogP contribution in [-0.2, 0) is 4.79 Å². The fraction of sp³-hybridized carbons (Fsp3) is 0.111. The molecule has 2 aromatic carbocycles. The lowest BCUT2D eigenvalue weighted by atomic mass is 10.2. The van der Waals surface area contributed by atoms with Gasteiger partial charge in [0.25, 0.3) is 5.91 Å². The zero-order chi connectivity index (χ0) is 16.7. The fourth-order valence-corrected chi connectivity index (χ4v) is 1.98. The first kappa shape index (κ1) is 16.1. The molecular weight excluding hydrogens is 290 g/mol. The lowest BCUT2D eigenvalue weighted by Gasteiger charge is -2.09. The Bertz CT molecular complexity index is 776. The van der Waals surface area contributed by atoms with Gasteiger partial charge in [0, 0.05) is 11.9 Å². The van der Waals surface area contributed by atoms with Crippen LogP contribution in [0, 0.1) is 18.3 Å². The van der Waals surface area contributed by atoms with Crippen molar-refractivity contribution in [1.82, 2.24) is 0 Å². The van der Waals surface area contributed by atoms with Gasteiger partial charge in [-0.25, -0.2) is 0 Å². The highest BCUT2D eigenvalue weighted by Gasteiger charge is 2.11. The van der Waals surface area contributed by atoms with Crippen LogP contribution in [0.1, 0.15) is 5.56 Å². The van der Waals surface area contributed by atoms with Gasteiger partial charge in [0.1, 0.15) is 17.4 Å². The van der Waals surface area contributed by atoms with Crippen LogP contribution < -0.4 is 15.4 Å². The number of hydrogen-bond acceptors (Lipinski definition) is 4. The second-order valence-corrected chi connectivity index (χ2v) is 4.84. The number of nitrogens with one attached hydrogen (secondary N) is 2. The van der Waals surface area contributed by atoms with E-state index in [-0.39, 0.29) is 5.57 Å². The molecule has 0 unspecified atom stereocenters. The summed E-state index contributed by atoms with van der Waals surface area (Å²) in [5.74, 6) is 0.0296. The molecule has 0 spiro atoms. The molecule has 0 saturated carbocycles. The van der Waals surface area contributed by atoms with Crippen LogP contribution in [0.2, 0.25) is 0 Å². The first-order valence-electron chi connectivity index (χ1n) is 7.02. The lowest BCUT2D eigenvalue weighted by Crippen LogP contribution is -2.15. The quantitative estimate of drug-likeness (QED) is 0.655. The van der Waals surface area contributed by atoms with Crippen LogP contribution in [0.3, 0.4) is 0 Å². The first-order chi connectivity index (χ1) is 11.1. The van der Waals surface area contributed by atoms with Crippen LogP contribution in [0.4, 0.5) is 11.4 Å². The maximum Gasteiger partial charge on any atom is 0.267 e. The number of aryl methyl sites for hydroxylation is 1. The molecule has 2 aromatic rings. The summed E-state index contributed by atoms with van der Waals surface area (Å²) < 4.78 is 5.17. The SMILES string of the molecule is COc1ccccc1NC(=O)/C(C#N)=C\Nc1cccc(C)c1. The summed E-state index contributed by atoms with van der Waals surface area (Å²) in [6, 6.07) is 16.5. The van der Waals surface area contributed by atoms with E-state index in [0.29, 0.717) is 11.4 Å². The van der Waals surface area contributed by atoms with E-state index in [1.54, 1.807) is 24.3 Å². The van der Waals surface area contributed by atoms with Crippen molar-refractivity contribution >= 4 is 17.3 Å². The second kappa shape index (κ2) is 7.66. The van der Waals surface area contributed by atoms with Gasteiger partial charge in [-0.2, -0.15) is 5.26 Å². The van der Waals surface area contributed by atoms with Crippen molar-refractivity contribution in [3.8, 4) is 11.8 Å². The molecule has 0 saturated heterocycles. The maximum absolute atomic E-state index is 12.2. The van der Waals surface area contributed by atoms with Gasteiger partial charge in [-0.05, 0) is 36.8 Å². The highest BCUT2D eigenvalue weighted by molar-refractivity contribution is 6.07. The van der Waals surface area contributed by atoms with Crippen molar-refractivity contribution in [2.24, 2.45) is 0 Å². The number of methoxy groups -OCH3 is 1. The molecule has 116 valence electrons. The normalized spacial score (nSPS) is 10.6. The topological polar surface area (TPSA) is 74.1 Å². The average Bonchev–Trinajstić information content (AvgIpc) is 2.56. The number of para-hydroxylation sites is 2. The first-order valence-corrected chi connectivity index (χ1v) is 7.02. The Morgan fingerprint density at radius 3 is 2.70 bits per heavy atom. The summed E-state index contributed by atoms with van der Waals surface area (Å²) in [7, 11) is 1.52. The third-order valence-electron chi connectivity index (χ3n) is 3.12. The maximum atomic E-state index is 12.2. The summed E-state index contributed by atoms with van der Waals surface area (Å²) in [4.78, 5) is 12.2. The molecule has 2 N–H and O–H groups in total. The Labute approximate surface area is 135 Å². The van der Waals surface area contributed by atoms with Gasteiger partial charge in [-0.15, -0.1) is 0 Å². The predicted octanol–water partition coefficient (Wildman–Crippen LogP) is 3.46. The number of carbonyl (C=O) groups is 1. The molecule has 2 rings (SSSR count). The van der Waals surface area contributed by atoms with Crippen LogP contribution in [0.5, 0.6) is 5.75 Å². The number of hydrogen-bond donors (Lipinski definition) is 2. The van der Waals surface area contributed by atoms with Gasteiger partial charge in [-0.1, -0.05) is 24.3 Å². The molecule has 0 aromatic heterocycles. The van der Waals surface area contributed by atoms with Crippen LogP contribution in [0.15, 0.2) is 60.3 Å². The number of nitriles is 1. The predicted molar refractivity (Wildman–Crippen MR) is 90.1 cm³/mol. The van der Waals surface area contributed by atoms with Crippen molar-refractivity contribution in [1.29, 1.82) is 5.26 Å². The van der Waals surface area contributed by atoms with E-state index in [4.69, 9.17) is 4.74 Å². The standard InChI is InChI=1S/C18H17N3O2/c1-13-6-5-7-15(10-13)20-12-14(11-19)18(22)21-16-8-3-4-9-17(16)23-2/h3-10,12,20H,1-2H3,(H,21,22)/b14-12-. The smallest absolute Gasteiger partial charge is 0.267 e. The largest absolute Gasteiger partial charge is 0.495 e. The zero-order valence-corrected chi connectivity index (χ0v) is 13.0. The van der Waals surface area contributed by atoms with Crippen molar-refractivity contribution in [3.63, 3.8) is 0 Å². The van der Waals surface area contributed by atoms with Crippen LogP contribution in [-0.4, -0.2) is 13.0 Å². The second-order valence-electron chi connectivity index (χ2n) is 4.84. The van der Waals surface area contributed by atoms with Gasteiger partial charge in [0.2, 0.25) is 0 Å². The van der Waals surface area contributed by atoms with E-state index < -0.39 is 5.91 Å². The minimum absolute atomic E-state index is 0.0302. The van der Waals surface area contributed by atoms with Gasteiger partial charge < -0.3 is 15.4 Å². The number of carbonyl (C=O) groups excluding carboxylic acids is 1. The molecule has 1 amide bonds. The lowest BCUT2D eigenvalue weighted by molar-refractivity contribution is -0.112. The van der Waals surface area contributed by atoms with Gasteiger partial charge >= 0.3 is 0 Å². The molecular formula is C18H17N3O2. The van der Waals surface area contributed by atoms with E-state index in [9.17, 15) is 10.1 Å². The van der Waals surface area contributed by atoms with E-state index in [1.165, 1.54) is 13.3 Å². The third kappa shape index (κ3) is 4.35. The molecule has 0 aliphatic rings. The van der Waals surface area contributed by atoms with Crippen molar-refractivity contribution < 1.29 is 9.53 Å².